The summed E-state index contributed by atoms with van der Waals surface area (Å²) in [6.07, 6.45) is 9.99. The number of nitrogens with zero attached hydrogens (tertiary/aromatic N) is 3. The summed E-state index contributed by atoms with van der Waals surface area (Å²) in [6, 6.07) is 1.93. The molecular weight excluding hydrogens is 454 g/mol. The minimum absolute atomic E-state index is 0.0356. The molecule has 8 nitrogen and oxygen atoms in total. The third-order valence-electron chi connectivity index (χ3n) is 8.08. The van der Waals surface area contributed by atoms with Crippen LogP contribution in [0, 0.1) is 5.92 Å². The van der Waals surface area contributed by atoms with Crippen LogP contribution < -0.4 is 0 Å². The summed E-state index contributed by atoms with van der Waals surface area (Å²) in [5.74, 6) is 1.81. The first-order valence-corrected chi connectivity index (χ1v) is 14.9. The highest BCUT2D eigenvalue weighted by Crippen LogP contribution is 2.43. The Kier molecular flexibility index (Phi) is 7.73. The summed E-state index contributed by atoms with van der Waals surface area (Å²) in [5.41, 5.74) is 0.443. The number of carbonyl (C=O) groups is 1. The van der Waals surface area contributed by atoms with Gasteiger partial charge >= 0.3 is 0 Å². The number of carbonyl (C=O) groups excluding carboxylic acids is 1. The molecule has 9 heteroatoms. The summed E-state index contributed by atoms with van der Waals surface area (Å²) in [5, 5.41) is 3.99. The minimum Gasteiger partial charge on any atom is -0.379 e. The second kappa shape index (κ2) is 10.8. The molecule has 3 atom stereocenters. The Bertz CT molecular complexity index is 924. The Hall–Kier alpha value is -1.29. The van der Waals surface area contributed by atoms with Gasteiger partial charge in [0.25, 0.3) is 0 Å². The molecule has 0 amide bonds. The van der Waals surface area contributed by atoms with Crippen LogP contribution in [-0.4, -0.2) is 79.2 Å². The van der Waals surface area contributed by atoms with E-state index in [1.807, 2.05) is 10.4 Å². The zero-order chi connectivity index (χ0) is 23.5. The molecule has 0 radical (unpaired) electrons. The van der Waals surface area contributed by atoms with Crippen molar-refractivity contribution in [3.05, 3.63) is 17.5 Å². The number of unbranched alkanes of at least 4 members (excludes halogenated alkanes) is 3. The maximum atomic E-state index is 13.2. The number of aromatic nitrogens is 1. The van der Waals surface area contributed by atoms with E-state index >= 15 is 0 Å². The molecular formula is C25H39N3O5S. The number of hydrogen-bond acceptors (Lipinski definition) is 7. The van der Waals surface area contributed by atoms with Crippen LogP contribution in [0.3, 0.4) is 0 Å². The molecule has 4 fully saturated rings. The van der Waals surface area contributed by atoms with Crippen molar-refractivity contribution in [1.29, 1.82) is 0 Å². The zero-order valence-corrected chi connectivity index (χ0v) is 21.0. The number of piperidine rings is 1. The second-order valence-corrected chi connectivity index (χ2v) is 12.7. The van der Waals surface area contributed by atoms with Crippen LogP contribution in [0.2, 0.25) is 0 Å². The average molecular weight is 494 g/mol. The smallest absolute Gasteiger partial charge is 0.214 e. The van der Waals surface area contributed by atoms with Gasteiger partial charge in [0.1, 0.15) is 11.5 Å². The molecule has 34 heavy (non-hydrogen) atoms. The molecule has 5 rings (SSSR count). The van der Waals surface area contributed by atoms with Gasteiger partial charge in [-0.1, -0.05) is 18.0 Å². The number of fused-ring (bicyclic) bond motifs is 2. The number of ether oxygens (including phenoxy) is 1. The molecule has 0 spiro atoms. The van der Waals surface area contributed by atoms with Crippen LogP contribution in [-0.2, 0) is 14.8 Å². The number of sulfonamides is 1. The molecule has 0 aromatic carbocycles. The summed E-state index contributed by atoms with van der Waals surface area (Å²) >= 11 is 0. The molecule has 190 valence electrons. The fraction of sp³-hybridized carbons (Fsp3) is 0.840. The highest BCUT2D eigenvalue weighted by Gasteiger charge is 2.46. The Morgan fingerprint density at radius 1 is 1.00 bits per heavy atom. The SMILES string of the molecule is O=C(CC1C[C@H]2CC[C@@H](C1)N2S(=O)(=O)CCCCCCN1CCOCC1)c1cc(C2CC2)on1. The standard InChI is InChI=1S/C25H39N3O5S/c29-24(23-18-25(33-26-23)20-5-6-20)17-19-15-21-7-8-22(16-19)28(21)34(30,31)14-4-2-1-3-9-27-10-12-32-13-11-27/h18-22H,1-17H2/t19?,21-,22+. The predicted molar refractivity (Wildman–Crippen MR) is 128 cm³/mol. The van der Waals surface area contributed by atoms with Crippen molar-refractivity contribution in [2.75, 3.05) is 38.6 Å². The monoisotopic (exact) mass is 493 g/mol. The van der Waals surface area contributed by atoms with Crippen molar-refractivity contribution in [3.8, 4) is 0 Å². The molecule has 4 aliphatic rings. The van der Waals surface area contributed by atoms with Crippen molar-refractivity contribution in [2.24, 2.45) is 5.92 Å². The quantitative estimate of drug-likeness (QED) is 0.324. The lowest BCUT2D eigenvalue weighted by Gasteiger charge is -2.37. The van der Waals surface area contributed by atoms with E-state index in [9.17, 15) is 13.2 Å². The lowest BCUT2D eigenvalue weighted by Crippen LogP contribution is -2.47. The first-order chi connectivity index (χ1) is 16.5. The van der Waals surface area contributed by atoms with Gasteiger partial charge in [-0.05, 0) is 63.8 Å². The van der Waals surface area contributed by atoms with E-state index in [0.29, 0.717) is 18.0 Å². The van der Waals surface area contributed by atoms with E-state index in [4.69, 9.17) is 9.26 Å². The zero-order valence-electron chi connectivity index (χ0n) is 20.2. The van der Waals surface area contributed by atoms with Crippen molar-refractivity contribution < 1.29 is 22.5 Å². The van der Waals surface area contributed by atoms with E-state index < -0.39 is 10.0 Å². The van der Waals surface area contributed by atoms with Gasteiger partial charge in [-0.25, -0.2) is 8.42 Å². The van der Waals surface area contributed by atoms with Gasteiger partial charge < -0.3 is 9.26 Å². The van der Waals surface area contributed by atoms with Gasteiger partial charge in [-0.2, -0.15) is 4.31 Å². The lowest BCUT2D eigenvalue weighted by atomic mass is 9.87. The predicted octanol–water partition coefficient (Wildman–Crippen LogP) is 3.59. The molecule has 2 bridgehead atoms. The number of morpholine rings is 1. The normalized spacial score (nSPS) is 28.4. The summed E-state index contributed by atoms with van der Waals surface area (Å²) in [6.45, 7) is 4.76. The van der Waals surface area contributed by atoms with E-state index in [-0.39, 0.29) is 29.5 Å². The number of Topliss-reactive ketones (excluding diaryl/α,β-unsaturated/α-hetero) is 1. The Balaban J connectivity index is 1.05. The Morgan fingerprint density at radius 3 is 2.41 bits per heavy atom. The molecule has 1 unspecified atom stereocenters. The summed E-state index contributed by atoms with van der Waals surface area (Å²) in [4.78, 5) is 15.2. The van der Waals surface area contributed by atoms with Gasteiger partial charge in [-0.15, -0.1) is 0 Å². The van der Waals surface area contributed by atoms with Crippen molar-refractivity contribution >= 4 is 15.8 Å². The number of hydrogen-bond donors (Lipinski definition) is 0. The van der Waals surface area contributed by atoms with Gasteiger partial charge in [0.15, 0.2) is 5.78 Å². The van der Waals surface area contributed by atoms with Gasteiger partial charge in [-0.3, -0.25) is 9.69 Å². The topological polar surface area (TPSA) is 93.0 Å². The van der Waals surface area contributed by atoms with E-state index in [1.165, 1.54) is 0 Å². The minimum atomic E-state index is -3.24. The van der Waals surface area contributed by atoms with E-state index in [0.717, 1.165) is 103 Å². The average Bonchev–Trinajstić information content (AvgIpc) is 3.48. The largest absolute Gasteiger partial charge is 0.379 e. The van der Waals surface area contributed by atoms with Crippen LogP contribution >= 0.6 is 0 Å². The maximum Gasteiger partial charge on any atom is 0.214 e. The first kappa shape index (κ1) is 24.4. The molecule has 4 heterocycles. The van der Waals surface area contributed by atoms with E-state index in [1.54, 1.807) is 0 Å². The first-order valence-electron chi connectivity index (χ1n) is 13.3. The molecule has 1 aliphatic carbocycles. The Labute approximate surface area is 203 Å². The highest BCUT2D eigenvalue weighted by molar-refractivity contribution is 7.89. The second-order valence-electron chi connectivity index (χ2n) is 10.8. The van der Waals surface area contributed by atoms with Crippen LogP contribution in [0.4, 0.5) is 0 Å². The molecule has 1 saturated carbocycles. The number of ketones is 1. The summed E-state index contributed by atoms with van der Waals surface area (Å²) < 4.78 is 38.9. The van der Waals surface area contributed by atoms with Crippen LogP contribution in [0.25, 0.3) is 0 Å². The van der Waals surface area contributed by atoms with Crippen molar-refractivity contribution in [2.45, 2.75) is 88.6 Å². The molecule has 0 N–H and O–H groups in total. The van der Waals surface area contributed by atoms with Crippen LogP contribution in [0.1, 0.15) is 92.8 Å². The van der Waals surface area contributed by atoms with Crippen LogP contribution in [0.5, 0.6) is 0 Å². The van der Waals surface area contributed by atoms with Gasteiger partial charge in [0.05, 0.1) is 19.0 Å². The molecule has 3 aliphatic heterocycles. The Morgan fingerprint density at radius 2 is 1.71 bits per heavy atom. The third-order valence-corrected chi connectivity index (χ3v) is 10.1. The molecule has 1 aromatic rings. The van der Waals surface area contributed by atoms with Crippen molar-refractivity contribution in [3.63, 3.8) is 0 Å². The fourth-order valence-corrected chi connectivity index (χ4v) is 8.19. The third kappa shape index (κ3) is 5.91. The van der Waals surface area contributed by atoms with Gasteiger partial charge in [0, 0.05) is 43.6 Å². The number of rotatable bonds is 12. The maximum absolute atomic E-state index is 13.2. The van der Waals surface area contributed by atoms with Crippen LogP contribution in [0.15, 0.2) is 10.6 Å². The van der Waals surface area contributed by atoms with Gasteiger partial charge in [0.2, 0.25) is 10.0 Å². The molecule has 3 saturated heterocycles. The summed E-state index contributed by atoms with van der Waals surface area (Å²) in [7, 11) is -3.24. The highest BCUT2D eigenvalue weighted by atomic mass is 32.2. The van der Waals surface area contributed by atoms with Crippen molar-refractivity contribution in [1.82, 2.24) is 14.4 Å². The van der Waals surface area contributed by atoms with E-state index in [2.05, 4.69) is 10.1 Å². The fourth-order valence-electron chi connectivity index (χ4n) is 6.12. The lowest BCUT2D eigenvalue weighted by molar-refractivity contribution is 0.0371. The molecule has 1 aromatic heterocycles.